The molecule has 2 atom stereocenters. The molecule has 0 bridgehead atoms. The molecular weight excluding hydrogens is 168 g/mol. The van der Waals surface area contributed by atoms with Crippen molar-refractivity contribution in [3.05, 3.63) is 0 Å². The van der Waals surface area contributed by atoms with Gasteiger partial charge in [0.25, 0.3) is 0 Å². The van der Waals surface area contributed by atoms with E-state index >= 15 is 0 Å². The van der Waals surface area contributed by atoms with Crippen molar-refractivity contribution in [3.63, 3.8) is 0 Å². The number of hydrogen-bond donors (Lipinski definition) is 1. The van der Waals surface area contributed by atoms with Gasteiger partial charge in [-0.15, -0.1) is 0 Å². The fourth-order valence-corrected chi connectivity index (χ4v) is 1.79. The highest BCUT2D eigenvalue weighted by Crippen LogP contribution is 2.33. The fourth-order valence-electron chi connectivity index (χ4n) is 1.53. The largest absolute Gasteiger partial charge is 0.481 e. The van der Waals surface area contributed by atoms with Crippen molar-refractivity contribution in [2.75, 3.05) is 0 Å². The van der Waals surface area contributed by atoms with E-state index in [1.807, 2.05) is 0 Å². The maximum atomic E-state index is 10.7. The van der Waals surface area contributed by atoms with Crippen LogP contribution in [0.2, 0.25) is 0 Å². The molecule has 1 N–H and O–H groups in total. The van der Waals surface area contributed by atoms with E-state index in [0.29, 0.717) is 12.8 Å². The molecule has 1 rings (SSSR count). The smallest absolute Gasteiger partial charge is 0.307 e. The molecule has 0 amide bonds. The first-order valence-electron chi connectivity index (χ1n) is 3.55. The molecule has 0 heterocycles. The Morgan fingerprint density at radius 3 is 2.18 bits per heavy atom. The van der Waals surface area contributed by atoms with Crippen LogP contribution in [0.15, 0.2) is 0 Å². The van der Waals surface area contributed by atoms with Gasteiger partial charge in [-0.2, -0.15) is 0 Å². The van der Waals surface area contributed by atoms with Gasteiger partial charge in [-0.25, -0.2) is 0 Å². The van der Waals surface area contributed by atoms with Crippen molar-refractivity contribution in [1.29, 1.82) is 0 Å². The number of carbonyl (C=O) groups excluding carboxylic acids is 1. The van der Waals surface area contributed by atoms with Crippen LogP contribution in [0.5, 0.6) is 0 Å². The van der Waals surface area contributed by atoms with Gasteiger partial charge in [-0.3, -0.25) is 9.59 Å². The van der Waals surface area contributed by atoms with Gasteiger partial charge in [0.15, 0.2) is 0 Å². The minimum atomic E-state index is -0.901. The minimum Gasteiger partial charge on any atom is -0.481 e. The van der Waals surface area contributed by atoms with Crippen LogP contribution in [-0.2, 0) is 9.59 Å². The van der Waals surface area contributed by atoms with Crippen LogP contribution in [0, 0.1) is 11.8 Å². The number of halogens is 1. The molecular formula is C7H9ClO3. The van der Waals surface area contributed by atoms with Crippen LogP contribution in [0.1, 0.15) is 19.3 Å². The van der Waals surface area contributed by atoms with Crippen molar-refractivity contribution < 1.29 is 14.7 Å². The van der Waals surface area contributed by atoms with Crippen LogP contribution in [0.3, 0.4) is 0 Å². The molecule has 11 heavy (non-hydrogen) atoms. The molecule has 1 fully saturated rings. The predicted molar refractivity (Wildman–Crippen MR) is 39.3 cm³/mol. The molecule has 4 heteroatoms. The van der Waals surface area contributed by atoms with Crippen LogP contribution in [0.25, 0.3) is 0 Å². The maximum Gasteiger partial charge on any atom is 0.307 e. The highest BCUT2D eigenvalue weighted by Gasteiger charge is 2.36. The average molecular weight is 177 g/mol. The van der Waals surface area contributed by atoms with Crippen LogP contribution in [0.4, 0.5) is 0 Å². The lowest BCUT2D eigenvalue weighted by Crippen LogP contribution is -2.22. The molecule has 0 saturated heterocycles. The number of carboxylic acids is 1. The van der Waals surface area contributed by atoms with Gasteiger partial charge in [0.2, 0.25) is 5.24 Å². The Labute approximate surface area is 69.3 Å². The lowest BCUT2D eigenvalue weighted by Gasteiger charge is -2.09. The second kappa shape index (κ2) is 3.22. The molecule has 0 unspecified atom stereocenters. The second-order valence-electron chi connectivity index (χ2n) is 2.79. The number of aliphatic carboxylic acids is 1. The monoisotopic (exact) mass is 176 g/mol. The van der Waals surface area contributed by atoms with E-state index in [-0.39, 0.29) is 0 Å². The van der Waals surface area contributed by atoms with Gasteiger partial charge in [-0.1, -0.05) is 6.42 Å². The van der Waals surface area contributed by atoms with E-state index < -0.39 is 23.0 Å². The summed E-state index contributed by atoms with van der Waals surface area (Å²) in [5.74, 6) is -1.89. The first kappa shape index (κ1) is 8.53. The highest BCUT2D eigenvalue weighted by atomic mass is 35.5. The summed E-state index contributed by atoms with van der Waals surface area (Å²) in [4.78, 5) is 21.2. The quantitative estimate of drug-likeness (QED) is 0.645. The first-order valence-corrected chi connectivity index (χ1v) is 3.93. The van der Waals surface area contributed by atoms with Crippen LogP contribution < -0.4 is 0 Å². The zero-order chi connectivity index (χ0) is 8.43. The van der Waals surface area contributed by atoms with Crippen molar-refractivity contribution in [2.24, 2.45) is 11.8 Å². The van der Waals surface area contributed by atoms with Crippen molar-refractivity contribution in [1.82, 2.24) is 0 Å². The molecule has 0 aromatic rings. The summed E-state index contributed by atoms with van der Waals surface area (Å²) in [6.07, 6.45) is 2.00. The third-order valence-corrected chi connectivity index (χ3v) is 2.40. The van der Waals surface area contributed by atoms with Gasteiger partial charge in [0.1, 0.15) is 0 Å². The van der Waals surface area contributed by atoms with Crippen LogP contribution >= 0.6 is 11.6 Å². The summed E-state index contributed by atoms with van der Waals surface area (Å²) >= 11 is 5.22. The highest BCUT2D eigenvalue weighted by molar-refractivity contribution is 6.64. The fraction of sp³-hybridized carbons (Fsp3) is 0.714. The van der Waals surface area contributed by atoms with E-state index in [4.69, 9.17) is 16.7 Å². The Balaban J connectivity index is 2.65. The molecule has 3 nitrogen and oxygen atoms in total. The third-order valence-electron chi connectivity index (χ3n) is 2.12. The van der Waals surface area contributed by atoms with E-state index in [9.17, 15) is 9.59 Å². The summed E-state index contributed by atoms with van der Waals surface area (Å²) < 4.78 is 0. The normalized spacial score (nSPS) is 30.3. The van der Waals surface area contributed by atoms with E-state index in [2.05, 4.69) is 0 Å². The van der Waals surface area contributed by atoms with E-state index in [1.165, 1.54) is 0 Å². The summed E-state index contributed by atoms with van der Waals surface area (Å²) in [5, 5.41) is 8.12. The Bertz CT molecular complexity index is 170. The predicted octanol–water partition coefficient (Wildman–Crippen LogP) is 1.25. The lowest BCUT2D eigenvalue weighted by molar-refractivity contribution is -0.144. The topological polar surface area (TPSA) is 54.4 Å². The second-order valence-corrected chi connectivity index (χ2v) is 3.16. The molecule has 1 aliphatic rings. The maximum absolute atomic E-state index is 10.7. The number of carbonyl (C=O) groups is 2. The Morgan fingerprint density at radius 1 is 1.27 bits per heavy atom. The number of carboxylic acid groups (broad SMARTS) is 1. The molecule has 0 aromatic carbocycles. The number of rotatable bonds is 2. The standard InChI is InChI=1S/C7H9ClO3/c8-6(9)4-2-1-3-5(4)7(10)11/h4-5H,1-3H2,(H,10,11)/t4-,5+/m0/s1. The van der Waals surface area contributed by atoms with E-state index in [0.717, 1.165) is 6.42 Å². The van der Waals surface area contributed by atoms with Gasteiger partial charge < -0.3 is 5.11 Å². The summed E-state index contributed by atoms with van der Waals surface area (Å²) in [6.45, 7) is 0. The Morgan fingerprint density at radius 2 is 1.82 bits per heavy atom. The SMILES string of the molecule is O=C(Cl)[C@H]1CCC[C@H]1C(=O)O. The summed E-state index contributed by atoms with van der Waals surface area (Å²) in [5.41, 5.74) is 0. The molecule has 62 valence electrons. The van der Waals surface area contributed by atoms with E-state index in [1.54, 1.807) is 0 Å². The first-order chi connectivity index (χ1) is 5.13. The molecule has 0 aromatic heterocycles. The molecule has 0 aliphatic heterocycles. The van der Waals surface area contributed by atoms with Gasteiger partial charge >= 0.3 is 5.97 Å². The Hall–Kier alpha value is -0.570. The van der Waals surface area contributed by atoms with Crippen LogP contribution in [-0.4, -0.2) is 16.3 Å². The Kier molecular flexibility index (Phi) is 2.49. The summed E-state index contributed by atoms with van der Waals surface area (Å²) in [6, 6.07) is 0. The lowest BCUT2D eigenvalue weighted by atomic mass is 9.98. The third kappa shape index (κ3) is 1.71. The summed E-state index contributed by atoms with van der Waals surface area (Å²) in [7, 11) is 0. The zero-order valence-electron chi connectivity index (χ0n) is 5.92. The number of hydrogen-bond acceptors (Lipinski definition) is 2. The molecule has 0 radical (unpaired) electrons. The van der Waals surface area contributed by atoms with Crippen molar-refractivity contribution in [2.45, 2.75) is 19.3 Å². The van der Waals surface area contributed by atoms with Gasteiger partial charge in [0, 0.05) is 5.92 Å². The minimum absolute atomic E-state index is 0.450. The zero-order valence-corrected chi connectivity index (χ0v) is 6.67. The molecule has 1 saturated carbocycles. The van der Waals surface area contributed by atoms with Crippen molar-refractivity contribution in [3.8, 4) is 0 Å². The van der Waals surface area contributed by atoms with Gasteiger partial charge in [0.05, 0.1) is 5.92 Å². The molecule has 0 spiro atoms. The van der Waals surface area contributed by atoms with Gasteiger partial charge in [-0.05, 0) is 24.4 Å². The molecule has 1 aliphatic carbocycles. The average Bonchev–Trinajstić information content (AvgIpc) is 2.32. The van der Waals surface area contributed by atoms with Crippen molar-refractivity contribution >= 4 is 22.8 Å².